The van der Waals surface area contributed by atoms with Gasteiger partial charge in [-0.15, -0.1) is 12.4 Å². The van der Waals surface area contributed by atoms with Gasteiger partial charge in [0.1, 0.15) is 11.3 Å². The molecule has 0 bridgehead atoms. The van der Waals surface area contributed by atoms with E-state index in [1.54, 1.807) is 20.5 Å². The van der Waals surface area contributed by atoms with Crippen LogP contribution in [0.2, 0.25) is 0 Å². The van der Waals surface area contributed by atoms with E-state index in [1.165, 1.54) is 0 Å². The number of carbonyl (C=O) groups excluding carboxylic acids is 1. The number of hydrogen-bond donors (Lipinski definition) is 2. The minimum Gasteiger partial charge on any atom is -0.497 e. The molecule has 7 heteroatoms. The minimum atomic E-state index is -0.0212. The summed E-state index contributed by atoms with van der Waals surface area (Å²) in [5.74, 6) is 0.715. The Balaban J connectivity index is 0.00000264. The first-order valence-electron chi connectivity index (χ1n) is 7.25. The van der Waals surface area contributed by atoms with Crippen LogP contribution in [-0.4, -0.2) is 46.4 Å². The fraction of sp³-hybridized carbons (Fsp3) is 0.438. The third-order valence-corrected chi connectivity index (χ3v) is 3.32. The standard InChI is InChI=1S/C16H22N2O4.ClH/c1-20-8-7-17-5-6-18-16(19)9-12-11-22-15-10-13(21-2)3-4-14(12)15;/h3-4,10-11,17H,5-9H2,1-2H3,(H,18,19);1H. The molecule has 0 fully saturated rings. The molecule has 0 aliphatic heterocycles. The molecule has 0 saturated carbocycles. The van der Waals surface area contributed by atoms with E-state index in [0.29, 0.717) is 19.6 Å². The molecule has 0 unspecified atom stereocenters. The van der Waals surface area contributed by atoms with E-state index in [1.807, 2.05) is 18.2 Å². The number of methoxy groups -OCH3 is 2. The lowest BCUT2D eigenvalue weighted by Gasteiger charge is -2.06. The van der Waals surface area contributed by atoms with Crippen LogP contribution in [-0.2, 0) is 16.0 Å². The Morgan fingerprint density at radius 2 is 2.04 bits per heavy atom. The van der Waals surface area contributed by atoms with Crippen LogP contribution in [0.15, 0.2) is 28.9 Å². The second kappa shape index (κ2) is 10.1. The van der Waals surface area contributed by atoms with Crippen molar-refractivity contribution in [1.29, 1.82) is 0 Å². The lowest BCUT2D eigenvalue weighted by molar-refractivity contribution is -0.120. The molecule has 2 aromatic rings. The number of benzene rings is 1. The first-order valence-corrected chi connectivity index (χ1v) is 7.25. The maximum Gasteiger partial charge on any atom is 0.224 e. The molecule has 0 aliphatic carbocycles. The van der Waals surface area contributed by atoms with Gasteiger partial charge in [-0.2, -0.15) is 0 Å². The number of hydrogen-bond acceptors (Lipinski definition) is 5. The quantitative estimate of drug-likeness (QED) is 0.679. The maximum absolute atomic E-state index is 11.9. The number of furan rings is 1. The third kappa shape index (κ3) is 5.74. The summed E-state index contributed by atoms with van der Waals surface area (Å²) >= 11 is 0. The number of ether oxygens (including phenoxy) is 2. The summed E-state index contributed by atoms with van der Waals surface area (Å²) in [4.78, 5) is 11.9. The largest absolute Gasteiger partial charge is 0.497 e. The average molecular weight is 343 g/mol. The van der Waals surface area contributed by atoms with Crippen molar-refractivity contribution in [2.75, 3.05) is 40.5 Å². The lowest BCUT2D eigenvalue weighted by atomic mass is 10.1. The number of amides is 1. The monoisotopic (exact) mass is 342 g/mol. The predicted octanol–water partition coefficient (Wildman–Crippen LogP) is 1.76. The Hall–Kier alpha value is -1.76. The highest BCUT2D eigenvalue weighted by molar-refractivity contribution is 5.88. The number of rotatable bonds is 9. The Morgan fingerprint density at radius 1 is 1.22 bits per heavy atom. The van der Waals surface area contributed by atoms with E-state index < -0.39 is 0 Å². The molecule has 2 rings (SSSR count). The predicted molar refractivity (Wildman–Crippen MR) is 91.5 cm³/mol. The highest BCUT2D eigenvalue weighted by Crippen LogP contribution is 2.25. The van der Waals surface area contributed by atoms with Crippen LogP contribution in [0.4, 0.5) is 0 Å². The zero-order valence-corrected chi connectivity index (χ0v) is 14.2. The summed E-state index contributed by atoms with van der Waals surface area (Å²) in [6, 6.07) is 5.59. The summed E-state index contributed by atoms with van der Waals surface area (Å²) < 4.78 is 15.6. The zero-order chi connectivity index (χ0) is 15.8. The van der Waals surface area contributed by atoms with Crippen LogP contribution in [0.5, 0.6) is 5.75 Å². The number of carbonyl (C=O) groups is 1. The smallest absolute Gasteiger partial charge is 0.224 e. The van der Waals surface area contributed by atoms with Crippen molar-refractivity contribution in [3.05, 3.63) is 30.0 Å². The summed E-state index contributed by atoms with van der Waals surface area (Å²) in [7, 11) is 3.27. The first-order chi connectivity index (χ1) is 10.7. The van der Waals surface area contributed by atoms with Crippen molar-refractivity contribution < 1.29 is 18.7 Å². The molecule has 1 heterocycles. The minimum absolute atomic E-state index is 0. The first kappa shape index (κ1) is 19.3. The average Bonchev–Trinajstić information content (AvgIpc) is 2.92. The third-order valence-electron chi connectivity index (χ3n) is 3.32. The Labute approximate surface area is 141 Å². The van der Waals surface area contributed by atoms with Gasteiger partial charge in [-0.25, -0.2) is 0 Å². The molecule has 0 radical (unpaired) electrons. The fourth-order valence-corrected chi connectivity index (χ4v) is 2.15. The van der Waals surface area contributed by atoms with Crippen LogP contribution in [0.1, 0.15) is 5.56 Å². The van der Waals surface area contributed by atoms with Crippen LogP contribution >= 0.6 is 12.4 Å². The number of fused-ring (bicyclic) bond motifs is 1. The molecule has 6 nitrogen and oxygen atoms in total. The Kier molecular flexibility index (Phi) is 8.47. The molecule has 0 spiro atoms. The molecule has 1 aromatic heterocycles. The molecular formula is C16H23ClN2O4. The molecule has 1 amide bonds. The molecule has 2 N–H and O–H groups in total. The van der Waals surface area contributed by atoms with E-state index in [0.717, 1.165) is 35.4 Å². The highest BCUT2D eigenvalue weighted by atomic mass is 35.5. The molecule has 0 saturated heterocycles. The van der Waals surface area contributed by atoms with E-state index in [-0.39, 0.29) is 18.3 Å². The van der Waals surface area contributed by atoms with Gasteiger partial charge in [0.25, 0.3) is 0 Å². The van der Waals surface area contributed by atoms with Gasteiger partial charge in [-0.05, 0) is 12.1 Å². The Bertz CT molecular complexity index is 615. The van der Waals surface area contributed by atoms with E-state index in [9.17, 15) is 4.79 Å². The molecule has 0 aliphatic rings. The van der Waals surface area contributed by atoms with Gasteiger partial charge in [0.15, 0.2) is 0 Å². The van der Waals surface area contributed by atoms with Crippen molar-refractivity contribution in [3.8, 4) is 5.75 Å². The van der Waals surface area contributed by atoms with Gasteiger partial charge in [0, 0.05) is 43.8 Å². The molecule has 128 valence electrons. The van der Waals surface area contributed by atoms with Crippen LogP contribution < -0.4 is 15.4 Å². The van der Waals surface area contributed by atoms with Crippen LogP contribution in [0.3, 0.4) is 0 Å². The molecule has 1 aromatic carbocycles. The van der Waals surface area contributed by atoms with Gasteiger partial charge >= 0.3 is 0 Å². The number of halogens is 1. The topological polar surface area (TPSA) is 72.7 Å². The second-order valence-corrected chi connectivity index (χ2v) is 4.89. The summed E-state index contributed by atoms with van der Waals surface area (Å²) in [5.41, 5.74) is 1.60. The summed E-state index contributed by atoms with van der Waals surface area (Å²) in [6.07, 6.45) is 1.93. The maximum atomic E-state index is 11.9. The van der Waals surface area contributed by atoms with E-state index in [2.05, 4.69) is 10.6 Å². The van der Waals surface area contributed by atoms with Gasteiger partial charge in [-0.1, -0.05) is 0 Å². The van der Waals surface area contributed by atoms with Crippen molar-refractivity contribution in [1.82, 2.24) is 10.6 Å². The molecule has 23 heavy (non-hydrogen) atoms. The second-order valence-electron chi connectivity index (χ2n) is 4.89. The van der Waals surface area contributed by atoms with Gasteiger partial charge in [-0.3, -0.25) is 4.79 Å². The molecule has 0 atom stereocenters. The lowest BCUT2D eigenvalue weighted by Crippen LogP contribution is -2.33. The number of nitrogens with one attached hydrogen (secondary N) is 2. The van der Waals surface area contributed by atoms with Crippen molar-refractivity contribution >= 4 is 29.3 Å². The zero-order valence-electron chi connectivity index (χ0n) is 13.4. The van der Waals surface area contributed by atoms with Gasteiger partial charge in [0.05, 0.1) is 26.4 Å². The SMILES string of the molecule is COCCNCCNC(=O)Cc1coc2cc(OC)ccc12.Cl. The van der Waals surface area contributed by atoms with Crippen molar-refractivity contribution in [3.63, 3.8) is 0 Å². The highest BCUT2D eigenvalue weighted by Gasteiger charge is 2.10. The van der Waals surface area contributed by atoms with Crippen LogP contribution in [0, 0.1) is 0 Å². The van der Waals surface area contributed by atoms with Crippen LogP contribution in [0.25, 0.3) is 11.0 Å². The van der Waals surface area contributed by atoms with Gasteiger partial charge in [0.2, 0.25) is 5.91 Å². The summed E-state index contributed by atoms with van der Waals surface area (Å²) in [6.45, 7) is 2.75. The van der Waals surface area contributed by atoms with Gasteiger partial charge < -0.3 is 24.5 Å². The Morgan fingerprint density at radius 3 is 2.78 bits per heavy atom. The molecular weight excluding hydrogens is 320 g/mol. The fourth-order valence-electron chi connectivity index (χ4n) is 2.15. The van der Waals surface area contributed by atoms with Crippen molar-refractivity contribution in [2.45, 2.75) is 6.42 Å². The normalized spacial score (nSPS) is 10.3. The van der Waals surface area contributed by atoms with Crippen molar-refractivity contribution in [2.24, 2.45) is 0 Å². The van der Waals surface area contributed by atoms with E-state index >= 15 is 0 Å². The summed E-state index contributed by atoms with van der Waals surface area (Å²) in [5, 5.41) is 6.99. The van der Waals surface area contributed by atoms with E-state index in [4.69, 9.17) is 13.9 Å².